The van der Waals surface area contributed by atoms with E-state index >= 15 is 0 Å². The molecular formula is C15H15NO3S. The van der Waals surface area contributed by atoms with Crippen LogP contribution in [0.15, 0.2) is 41.8 Å². The maximum atomic E-state index is 12.1. The molecule has 1 amide bonds. The van der Waals surface area contributed by atoms with Gasteiger partial charge in [0.1, 0.15) is 0 Å². The average Bonchev–Trinajstić information content (AvgIpc) is 2.98. The summed E-state index contributed by atoms with van der Waals surface area (Å²) in [5.74, 6) is -1.19. The van der Waals surface area contributed by atoms with Crippen LogP contribution in [0.3, 0.4) is 0 Å². The van der Waals surface area contributed by atoms with Crippen molar-refractivity contribution in [2.75, 3.05) is 0 Å². The number of carboxylic acids is 1. The van der Waals surface area contributed by atoms with E-state index in [0.717, 1.165) is 11.3 Å². The van der Waals surface area contributed by atoms with Crippen molar-refractivity contribution in [1.29, 1.82) is 0 Å². The van der Waals surface area contributed by atoms with Crippen molar-refractivity contribution in [2.24, 2.45) is 0 Å². The van der Waals surface area contributed by atoms with Crippen molar-refractivity contribution in [2.45, 2.75) is 19.4 Å². The van der Waals surface area contributed by atoms with E-state index < -0.39 is 5.97 Å². The van der Waals surface area contributed by atoms with E-state index in [1.54, 1.807) is 11.3 Å². The summed E-state index contributed by atoms with van der Waals surface area (Å²) >= 11 is 1.61. The Kier molecular flexibility index (Phi) is 4.53. The molecule has 1 heterocycles. The van der Waals surface area contributed by atoms with Crippen LogP contribution in [0, 0.1) is 0 Å². The number of amides is 1. The van der Waals surface area contributed by atoms with Crippen molar-refractivity contribution in [3.8, 4) is 0 Å². The normalized spacial score (nSPS) is 11.8. The van der Waals surface area contributed by atoms with Crippen molar-refractivity contribution >= 4 is 23.2 Å². The fraction of sp³-hybridized carbons (Fsp3) is 0.200. The molecule has 0 saturated heterocycles. The smallest absolute Gasteiger partial charge is 0.335 e. The van der Waals surface area contributed by atoms with Gasteiger partial charge in [-0.15, -0.1) is 11.3 Å². The molecule has 0 saturated carbocycles. The van der Waals surface area contributed by atoms with Crippen molar-refractivity contribution in [1.82, 2.24) is 5.32 Å². The molecule has 0 aliphatic heterocycles. The molecule has 0 aliphatic rings. The van der Waals surface area contributed by atoms with Crippen LogP contribution in [-0.4, -0.2) is 17.0 Å². The van der Waals surface area contributed by atoms with Gasteiger partial charge < -0.3 is 10.4 Å². The Bertz CT molecular complexity index is 590. The first kappa shape index (κ1) is 14.3. The third kappa shape index (κ3) is 3.24. The Labute approximate surface area is 121 Å². The van der Waals surface area contributed by atoms with Crippen LogP contribution in [0.1, 0.15) is 45.0 Å². The van der Waals surface area contributed by atoms with Gasteiger partial charge in [0.15, 0.2) is 0 Å². The minimum absolute atomic E-state index is 0.0124. The van der Waals surface area contributed by atoms with Crippen LogP contribution in [0.4, 0.5) is 0 Å². The predicted molar refractivity (Wildman–Crippen MR) is 78.2 cm³/mol. The number of hydrogen-bond acceptors (Lipinski definition) is 3. The number of carbonyl (C=O) groups excluding carboxylic acids is 1. The molecule has 0 fully saturated rings. The molecule has 1 atom stereocenters. The minimum atomic E-state index is -0.998. The van der Waals surface area contributed by atoms with Gasteiger partial charge in [0.05, 0.1) is 11.6 Å². The first-order chi connectivity index (χ1) is 9.61. The quantitative estimate of drug-likeness (QED) is 0.887. The van der Waals surface area contributed by atoms with Crippen molar-refractivity contribution < 1.29 is 14.7 Å². The summed E-state index contributed by atoms with van der Waals surface area (Å²) < 4.78 is 0. The van der Waals surface area contributed by atoms with E-state index in [9.17, 15) is 9.59 Å². The van der Waals surface area contributed by atoms with Crippen LogP contribution in [0.25, 0.3) is 0 Å². The van der Waals surface area contributed by atoms with E-state index in [1.165, 1.54) is 24.3 Å². The van der Waals surface area contributed by atoms with E-state index in [-0.39, 0.29) is 17.5 Å². The van der Waals surface area contributed by atoms with Crippen LogP contribution in [-0.2, 0) is 0 Å². The summed E-state index contributed by atoms with van der Waals surface area (Å²) in [5, 5.41) is 13.8. The number of thiophene rings is 1. The van der Waals surface area contributed by atoms with Gasteiger partial charge in [-0.3, -0.25) is 4.79 Å². The molecule has 104 valence electrons. The Morgan fingerprint density at radius 2 is 1.85 bits per heavy atom. The number of hydrogen-bond donors (Lipinski definition) is 2. The average molecular weight is 289 g/mol. The van der Waals surface area contributed by atoms with E-state index in [0.29, 0.717) is 5.56 Å². The standard InChI is InChI=1S/C15H15NO3S/c1-2-12(13-4-3-9-20-13)16-14(17)10-5-7-11(8-6-10)15(18)19/h3-9,12H,2H2,1H3,(H,16,17)(H,18,19). The van der Waals surface area contributed by atoms with Gasteiger partial charge in [-0.2, -0.15) is 0 Å². The second-order valence-electron chi connectivity index (χ2n) is 4.33. The summed E-state index contributed by atoms with van der Waals surface area (Å²) in [7, 11) is 0. The lowest BCUT2D eigenvalue weighted by molar-refractivity contribution is 0.0696. The highest BCUT2D eigenvalue weighted by Gasteiger charge is 2.15. The highest BCUT2D eigenvalue weighted by Crippen LogP contribution is 2.22. The Morgan fingerprint density at radius 3 is 2.35 bits per heavy atom. The van der Waals surface area contributed by atoms with Gasteiger partial charge in [0, 0.05) is 10.4 Å². The van der Waals surface area contributed by atoms with E-state index in [4.69, 9.17) is 5.11 Å². The Balaban J connectivity index is 2.09. The lowest BCUT2D eigenvalue weighted by atomic mass is 10.1. The zero-order valence-electron chi connectivity index (χ0n) is 11.0. The number of carbonyl (C=O) groups is 2. The zero-order chi connectivity index (χ0) is 14.5. The fourth-order valence-electron chi connectivity index (χ4n) is 1.87. The molecule has 0 bridgehead atoms. The highest BCUT2D eigenvalue weighted by molar-refractivity contribution is 7.10. The Morgan fingerprint density at radius 1 is 1.20 bits per heavy atom. The van der Waals surface area contributed by atoms with E-state index in [2.05, 4.69) is 5.32 Å². The monoisotopic (exact) mass is 289 g/mol. The zero-order valence-corrected chi connectivity index (χ0v) is 11.8. The molecule has 0 aliphatic carbocycles. The first-order valence-electron chi connectivity index (χ1n) is 6.29. The lowest BCUT2D eigenvalue weighted by Crippen LogP contribution is -2.27. The van der Waals surface area contributed by atoms with Crippen LogP contribution < -0.4 is 5.32 Å². The first-order valence-corrected chi connectivity index (χ1v) is 7.17. The molecule has 2 rings (SSSR count). The maximum absolute atomic E-state index is 12.1. The molecule has 1 aromatic carbocycles. The molecule has 2 aromatic rings. The van der Waals surface area contributed by atoms with Crippen molar-refractivity contribution in [3.05, 3.63) is 57.8 Å². The lowest BCUT2D eigenvalue weighted by Gasteiger charge is -2.15. The van der Waals surface area contributed by atoms with Gasteiger partial charge in [-0.1, -0.05) is 13.0 Å². The number of rotatable bonds is 5. The highest BCUT2D eigenvalue weighted by atomic mass is 32.1. The van der Waals surface area contributed by atoms with Gasteiger partial charge in [-0.05, 0) is 42.1 Å². The van der Waals surface area contributed by atoms with Crippen LogP contribution in [0.2, 0.25) is 0 Å². The number of benzene rings is 1. The number of nitrogens with one attached hydrogen (secondary N) is 1. The van der Waals surface area contributed by atoms with Crippen LogP contribution in [0.5, 0.6) is 0 Å². The predicted octanol–water partition coefficient (Wildman–Crippen LogP) is 3.33. The van der Waals surface area contributed by atoms with Gasteiger partial charge in [-0.25, -0.2) is 4.79 Å². The molecular weight excluding hydrogens is 274 g/mol. The molecule has 2 N–H and O–H groups in total. The molecule has 20 heavy (non-hydrogen) atoms. The largest absolute Gasteiger partial charge is 0.478 e. The SMILES string of the molecule is CCC(NC(=O)c1ccc(C(=O)O)cc1)c1cccs1. The minimum Gasteiger partial charge on any atom is -0.478 e. The molecule has 5 heteroatoms. The van der Waals surface area contributed by atoms with Gasteiger partial charge >= 0.3 is 5.97 Å². The third-order valence-corrected chi connectivity index (χ3v) is 3.98. The molecule has 1 unspecified atom stereocenters. The summed E-state index contributed by atoms with van der Waals surface area (Å²) in [6, 6.07) is 9.86. The molecule has 4 nitrogen and oxygen atoms in total. The number of carboxylic acid groups (broad SMARTS) is 1. The second kappa shape index (κ2) is 6.34. The van der Waals surface area contributed by atoms with Gasteiger partial charge in [0.2, 0.25) is 0 Å². The molecule has 0 spiro atoms. The molecule has 0 radical (unpaired) electrons. The van der Waals surface area contributed by atoms with E-state index in [1.807, 2.05) is 24.4 Å². The Hall–Kier alpha value is -2.14. The van der Waals surface area contributed by atoms with Crippen LogP contribution >= 0.6 is 11.3 Å². The summed E-state index contributed by atoms with van der Waals surface area (Å²) in [6.45, 7) is 2.01. The van der Waals surface area contributed by atoms with Crippen molar-refractivity contribution in [3.63, 3.8) is 0 Å². The maximum Gasteiger partial charge on any atom is 0.335 e. The summed E-state index contributed by atoms with van der Waals surface area (Å²) in [5.41, 5.74) is 0.636. The second-order valence-corrected chi connectivity index (χ2v) is 5.31. The molecule has 1 aromatic heterocycles. The number of aromatic carboxylic acids is 1. The van der Waals surface area contributed by atoms with Gasteiger partial charge in [0.25, 0.3) is 5.91 Å². The third-order valence-electron chi connectivity index (χ3n) is 2.99. The summed E-state index contributed by atoms with van der Waals surface area (Å²) in [4.78, 5) is 24.0. The summed E-state index contributed by atoms with van der Waals surface area (Å²) in [6.07, 6.45) is 0.805. The fourth-order valence-corrected chi connectivity index (χ4v) is 2.73. The topological polar surface area (TPSA) is 66.4 Å².